The number of guanidine groups is 1. The van der Waals surface area contributed by atoms with Gasteiger partial charge in [-0.1, -0.05) is 30.3 Å². The van der Waals surface area contributed by atoms with Crippen LogP contribution in [0.25, 0.3) is 10.9 Å². The molecule has 0 fully saturated rings. The number of rotatable bonds is 4. The van der Waals surface area contributed by atoms with Crippen LogP contribution in [0.15, 0.2) is 64.7 Å². The van der Waals surface area contributed by atoms with Gasteiger partial charge in [0.1, 0.15) is 12.0 Å². The van der Waals surface area contributed by atoms with E-state index in [1.807, 2.05) is 18.7 Å². The molecular formula is C21H25Cl2N5. The van der Waals surface area contributed by atoms with Crippen molar-refractivity contribution < 1.29 is 0 Å². The standard InChI is InChI=1S/C21H23N5.2ClH/c1-21(2)25-20(22)24-14-26(21)17-11-8-15(9-12-17)7-10-16-13-23-19-6-4-3-5-18(16)19;;/h3-6,8-9,11-14,23H,7,10H2,1-2H3,(H2,22,25);2*1H. The van der Waals surface area contributed by atoms with E-state index in [-0.39, 0.29) is 24.8 Å². The number of hydrogen-bond donors (Lipinski definition) is 2. The molecule has 0 unspecified atom stereocenters. The first kappa shape index (κ1) is 21.8. The number of fused-ring (bicyclic) bond motifs is 1. The van der Waals surface area contributed by atoms with Crippen LogP contribution < -0.4 is 10.6 Å². The monoisotopic (exact) mass is 417 g/mol. The lowest BCUT2D eigenvalue weighted by Crippen LogP contribution is -2.46. The molecule has 0 aliphatic carbocycles. The van der Waals surface area contributed by atoms with Gasteiger partial charge in [-0.05, 0) is 56.0 Å². The van der Waals surface area contributed by atoms with Crippen LogP contribution in [-0.4, -0.2) is 22.9 Å². The van der Waals surface area contributed by atoms with Gasteiger partial charge in [-0.15, -0.1) is 24.8 Å². The Morgan fingerprint density at radius 3 is 2.43 bits per heavy atom. The Hall–Kier alpha value is -2.50. The van der Waals surface area contributed by atoms with Gasteiger partial charge in [0.05, 0.1) is 0 Å². The van der Waals surface area contributed by atoms with Crippen LogP contribution in [0.4, 0.5) is 5.69 Å². The van der Waals surface area contributed by atoms with Crippen molar-refractivity contribution in [3.63, 3.8) is 0 Å². The van der Waals surface area contributed by atoms with E-state index in [9.17, 15) is 0 Å². The van der Waals surface area contributed by atoms with Gasteiger partial charge >= 0.3 is 0 Å². The Bertz CT molecular complexity index is 989. The number of nitrogens with one attached hydrogen (secondary N) is 1. The normalized spacial score (nSPS) is 14.9. The number of anilines is 1. The number of benzene rings is 2. The molecule has 1 aliphatic heterocycles. The van der Waals surface area contributed by atoms with Crippen molar-refractivity contribution in [2.75, 3.05) is 4.90 Å². The molecule has 28 heavy (non-hydrogen) atoms. The fourth-order valence-electron chi connectivity index (χ4n) is 3.44. The first-order chi connectivity index (χ1) is 12.5. The second-order valence-corrected chi connectivity index (χ2v) is 7.10. The maximum Gasteiger partial charge on any atom is 0.219 e. The number of H-pyrrole nitrogens is 1. The summed E-state index contributed by atoms with van der Waals surface area (Å²) in [6, 6.07) is 17.0. The molecule has 2 aromatic carbocycles. The molecule has 7 heteroatoms. The van der Waals surface area contributed by atoms with Gasteiger partial charge < -0.3 is 15.6 Å². The fourth-order valence-corrected chi connectivity index (χ4v) is 3.44. The Morgan fingerprint density at radius 2 is 1.71 bits per heavy atom. The quantitative estimate of drug-likeness (QED) is 0.645. The Balaban J connectivity index is 0.00000140. The topological polar surface area (TPSA) is 69.8 Å². The summed E-state index contributed by atoms with van der Waals surface area (Å²) in [5, 5.41) is 1.31. The van der Waals surface area contributed by atoms with E-state index >= 15 is 0 Å². The molecule has 148 valence electrons. The van der Waals surface area contributed by atoms with Crippen LogP contribution in [-0.2, 0) is 12.8 Å². The summed E-state index contributed by atoms with van der Waals surface area (Å²) < 4.78 is 0. The molecule has 0 saturated heterocycles. The van der Waals surface area contributed by atoms with Crippen molar-refractivity contribution in [1.29, 1.82) is 0 Å². The summed E-state index contributed by atoms with van der Waals surface area (Å²) in [4.78, 5) is 13.9. The number of aromatic nitrogens is 1. The number of para-hydroxylation sites is 1. The number of halogens is 2. The highest BCUT2D eigenvalue weighted by atomic mass is 35.5. The molecule has 0 saturated carbocycles. The van der Waals surface area contributed by atoms with Crippen LogP contribution in [0.3, 0.4) is 0 Å². The fraction of sp³-hybridized carbons (Fsp3) is 0.238. The number of hydrogen-bond acceptors (Lipinski definition) is 4. The third kappa shape index (κ3) is 4.32. The maximum atomic E-state index is 5.72. The van der Waals surface area contributed by atoms with Gasteiger partial charge in [0.15, 0.2) is 0 Å². The lowest BCUT2D eigenvalue weighted by Gasteiger charge is -2.35. The number of aliphatic imine (C=N–C) groups is 2. The molecule has 0 amide bonds. The minimum Gasteiger partial charge on any atom is -0.368 e. The van der Waals surface area contributed by atoms with Crippen LogP contribution in [0, 0.1) is 0 Å². The molecule has 0 radical (unpaired) electrons. The summed E-state index contributed by atoms with van der Waals surface area (Å²) in [5.74, 6) is 0.321. The lowest BCUT2D eigenvalue weighted by atomic mass is 10.0. The number of nitrogens with zero attached hydrogens (tertiary/aromatic N) is 3. The smallest absolute Gasteiger partial charge is 0.219 e. The highest BCUT2D eigenvalue weighted by molar-refractivity contribution is 5.95. The molecule has 4 rings (SSSR count). The Morgan fingerprint density at radius 1 is 1.00 bits per heavy atom. The van der Waals surface area contributed by atoms with Crippen molar-refractivity contribution in [2.24, 2.45) is 15.7 Å². The summed E-state index contributed by atoms with van der Waals surface area (Å²) in [7, 11) is 0. The van der Waals surface area contributed by atoms with Gasteiger partial charge in [-0.25, -0.2) is 9.98 Å². The van der Waals surface area contributed by atoms with Crippen LogP contribution in [0.2, 0.25) is 0 Å². The first-order valence-corrected chi connectivity index (χ1v) is 8.86. The molecule has 5 nitrogen and oxygen atoms in total. The minimum atomic E-state index is -0.433. The largest absolute Gasteiger partial charge is 0.368 e. The van der Waals surface area contributed by atoms with E-state index in [2.05, 4.69) is 69.7 Å². The van der Waals surface area contributed by atoms with Crippen LogP contribution in [0.5, 0.6) is 0 Å². The average Bonchev–Trinajstić information content (AvgIpc) is 3.03. The zero-order chi connectivity index (χ0) is 18.1. The van der Waals surface area contributed by atoms with E-state index < -0.39 is 5.66 Å². The SMILES string of the molecule is CC1(C)N=C(N)N=CN1c1ccc(CCc2c[nH]c3ccccc23)cc1.Cl.Cl. The van der Waals surface area contributed by atoms with Crippen LogP contribution in [0.1, 0.15) is 25.0 Å². The Labute approximate surface area is 177 Å². The van der Waals surface area contributed by atoms with Gasteiger partial charge in [0, 0.05) is 22.8 Å². The predicted molar refractivity (Wildman–Crippen MR) is 123 cm³/mol. The lowest BCUT2D eigenvalue weighted by molar-refractivity contribution is 0.540. The molecule has 1 aliphatic rings. The van der Waals surface area contributed by atoms with Gasteiger partial charge in [0.25, 0.3) is 0 Å². The molecule has 1 aromatic heterocycles. The van der Waals surface area contributed by atoms with Crippen molar-refractivity contribution in [3.05, 3.63) is 65.9 Å². The molecule has 3 N–H and O–H groups in total. The molecule has 0 spiro atoms. The number of aromatic amines is 1. The average molecular weight is 418 g/mol. The van der Waals surface area contributed by atoms with Crippen molar-refractivity contribution in [3.8, 4) is 0 Å². The van der Waals surface area contributed by atoms with Crippen molar-refractivity contribution >= 4 is 53.7 Å². The molecular weight excluding hydrogens is 393 g/mol. The first-order valence-electron chi connectivity index (χ1n) is 8.86. The molecule has 2 heterocycles. The van der Waals surface area contributed by atoms with Crippen molar-refractivity contribution in [1.82, 2.24) is 4.98 Å². The number of nitrogens with two attached hydrogens (primary N) is 1. The van der Waals surface area contributed by atoms with E-state index in [4.69, 9.17) is 5.73 Å². The summed E-state index contributed by atoms with van der Waals surface area (Å²) in [6.45, 7) is 4.05. The minimum absolute atomic E-state index is 0. The Kier molecular flexibility index (Phi) is 6.75. The van der Waals surface area contributed by atoms with Gasteiger partial charge in [0.2, 0.25) is 5.96 Å². The second kappa shape index (κ2) is 8.67. The van der Waals surface area contributed by atoms with E-state index in [1.54, 1.807) is 6.34 Å². The zero-order valence-corrected chi connectivity index (χ0v) is 17.6. The third-order valence-corrected chi connectivity index (χ3v) is 4.86. The van der Waals surface area contributed by atoms with E-state index in [0.29, 0.717) is 5.96 Å². The third-order valence-electron chi connectivity index (χ3n) is 4.86. The molecule has 0 bridgehead atoms. The van der Waals surface area contributed by atoms with Crippen molar-refractivity contribution in [2.45, 2.75) is 32.4 Å². The summed E-state index contributed by atoms with van der Waals surface area (Å²) >= 11 is 0. The zero-order valence-electron chi connectivity index (χ0n) is 15.9. The summed E-state index contributed by atoms with van der Waals surface area (Å²) in [6.07, 6.45) is 5.89. The highest BCUT2D eigenvalue weighted by Crippen LogP contribution is 2.26. The highest BCUT2D eigenvalue weighted by Gasteiger charge is 2.28. The van der Waals surface area contributed by atoms with E-state index in [1.165, 1.54) is 22.0 Å². The van der Waals surface area contributed by atoms with Crippen LogP contribution >= 0.6 is 24.8 Å². The number of aryl methyl sites for hydroxylation is 2. The second-order valence-electron chi connectivity index (χ2n) is 7.10. The predicted octanol–water partition coefficient (Wildman–Crippen LogP) is 4.70. The maximum absolute atomic E-state index is 5.72. The van der Waals surface area contributed by atoms with Gasteiger partial charge in [-0.3, -0.25) is 0 Å². The molecule has 3 aromatic rings. The van der Waals surface area contributed by atoms with E-state index in [0.717, 1.165) is 18.5 Å². The molecule has 0 atom stereocenters. The van der Waals surface area contributed by atoms with Gasteiger partial charge in [-0.2, -0.15) is 0 Å². The summed E-state index contributed by atoms with van der Waals surface area (Å²) in [5.41, 5.74) is 10.2.